The van der Waals surface area contributed by atoms with E-state index in [0.29, 0.717) is 29.0 Å². The Hall–Kier alpha value is -2.62. The third-order valence-electron chi connectivity index (χ3n) is 5.85. The van der Waals surface area contributed by atoms with Gasteiger partial charge in [0, 0.05) is 17.7 Å². The second-order valence-corrected chi connectivity index (χ2v) is 12.0. The Morgan fingerprint density at radius 2 is 1.61 bits per heavy atom. The van der Waals surface area contributed by atoms with Gasteiger partial charge in [-0.15, -0.1) is 0 Å². The van der Waals surface area contributed by atoms with Crippen molar-refractivity contribution in [3.63, 3.8) is 0 Å². The summed E-state index contributed by atoms with van der Waals surface area (Å²) in [5, 5.41) is 13.8. The predicted molar refractivity (Wildman–Crippen MR) is 148 cm³/mol. The first-order chi connectivity index (χ1) is 17.9. The monoisotopic (exact) mass is 597 g/mol. The summed E-state index contributed by atoms with van der Waals surface area (Å²) in [5.74, 6) is -1.46. The highest BCUT2D eigenvalue weighted by Gasteiger charge is 2.26. The summed E-state index contributed by atoms with van der Waals surface area (Å²) < 4.78 is 28.6. The smallest absolute Gasteiger partial charge is 0.328 e. The van der Waals surface area contributed by atoms with Crippen LogP contribution in [0.5, 0.6) is 0 Å². The van der Waals surface area contributed by atoms with Crippen molar-refractivity contribution in [2.24, 2.45) is 0 Å². The van der Waals surface area contributed by atoms with Crippen molar-refractivity contribution in [1.82, 2.24) is 5.32 Å². The van der Waals surface area contributed by atoms with Crippen molar-refractivity contribution in [2.75, 3.05) is 13.4 Å². The van der Waals surface area contributed by atoms with Gasteiger partial charge in [-0.1, -0.05) is 59.1 Å². The predicted octanol–water partition coefficient (Wildman–Crippen LogP) is 5.23. The highest BCUT2D eigenvalue weighted by molar-refractivity contribution is 7.90. The van der Waals surface area contributed by atoms with E-state index in [4.69, 9.17) is 39.5 Å². The molecule has 0 saturated carbocycles. The molecule has 0 bridgehead atoms. The van der Waals surface area contributed by atoms with Crippen LogP contribution in [0.1, 0.15) is 39.6 Å². The number of methoxy groups -OCH3 is 1. The van der Waals surface area contributed by atoms with Crippen LogP contribution in [0.2, 0.25) is 15.1 Å². The molecule has 38 heavy (non-hydrogen) atoms. The number of halogens is 3. The summed E-state index contributed by atoms with van der Waals surface area (Å²) in [4.78, 5) is 25.6. The number of carbonyl (C=O) groups excluding carboxylic acids is 2. The third kappa shape index (κ3) is 7.94. The number of benzene rings is 3. The van der Waals surface area contributed by atoms with Gasteiger partial charge in [0.15, 0.2) is 9.84 Å². The Morgan fingerprint density at radius 3 is 2.18 bits per heavy atom. The van der Waals surface area contributed by atoms with Crippen LogP contribution in [0.15, 0.2) is 65.6 Å². The number of amides is 1. The summed E-state index contributed by atoms with van der Waals surface area (Å²) in [6.07, 6.45) is 1.13. The van der Waals surface area contributed by atoms with E-state index in [1.165, 1.54) is 31.4 Å². The Kier molecular flexibility index (Phi) is 10.2. The van der Waals surface area contributed by atoms with Crippen molar-refractivity contribution in [3.05, 3.63) is 98.0 Å². The van der Waals surface area contributed by atoms with E-state index in [1.54, 1.807) is 24.3 Å². The lowest BCUT2D eigenvalue weighted by Crippen LogP contribution is -2.43. The van der Waals surface area contributed by atoms with Gasteiger partial charge < -0.3 is 15.2 Å². The van der Waals surface area contributed by atoms with E-state index in [9.17, 15) is 23.1 Å². The van der Waals surface area contributed by atoms with Crippen LogP contribution < -0.4 is 5.32 Å². The number of hydrogen-bond donors (Lipinski definition) is 2. The summed E-state index contributed by atoms with van der Waals surface area (Å²) in [5.41, 5.74) is 1.87. The molecule has 0 radical (unpaired) electrons. The number of ether oxygens (including phenoxy) is 1. The van der Waals surface area contributed by atoms with Crippen LogP contribution in [0, 0.1) is 0 Å². The van der Waals surface area contributed by atoms with Crippen LogP contribution in [0.3, 0.4) is 0 Å². The van der Waals surface area contributed by atoms with Crippen molar-refractivity contribution >= 4 is 56.5 Å². The molecule has 0 aliphatic carbocycles. The number of rotatable bonds is 10. The fourth-order valence-electron chi connectivity index (χ4n) is 3.83. The van der Waals surface area contributed by atoms with Crippen LogP contribution in [0.4, 0.5) is 0 Å². The lowest BCUT2D eigenvalue weighted by Gasteiger charge is -2.19. The zero-order chi connectivity index (χ0) is 28.0. The summed E-state index contributed by atoms with van der Waals surface area (Å²) in [6.45, 7) is 0. The number of nitrogens with one attached hydrogen (secondary N) is 1. The molecule has 0 spiro atoms. The molecule has 0 aliphatic heterocycles. The fraction of sp³-hybridized carbons (Fsp3) is 0.259. The maximum absolute atomic E-state index is 13.1. The standard InChI is InChI=1S/C27H26Cl3NO6S/c1-37-27(34)23(13-17-4-3-5-20(12-17)38(2,35)36)31-26(33)25-21(29)14-18(15-22(25)30)24(32)11-8-16-6-9-19(28)10-7-16/h3-7,9-10,12,14-15,23-24,32H,8,11,13H2,1-2H3,(H,31,33)/t23-,24?/m0/s1. The maximum atomic E-state index is 13.1. The number of aliphatic hydroxyl groups is 1. The van der Waals surface area contributed by atoms with Gasteiger partial charge in [0.05, 0.1) is 33.7 Å². The molecule has 0 heterocycles. The number of sulfone groups is 1. The summed E-state index contributed by atoms with van der Waals surface area (Å²) >= 11 is 18.7. The van der Waals surface area contributed by atoms with Gasteiger partial charge in [-0.25, -0.2) is 13.2 Å². The molecular weight excluding hydrogens is 573 g/mol. The van der Waals surface area contributed by atoms with Crippen LogP contribution in [0.25, 0.3) is 0 Å². The number of aliphatic hydroxyl groups excluding tert-OH is 1. The first-order valence-electron chi connectivity index (χ1n) is 11.5. The third-order valence-corrected chi connectivity index (χ3v) is 7.81. The van der Waals surface area contributed by atoms with Gasteiger partial charge in [0.1, 0.15) is 6.04 Å². The molecule has 3 aromatic carbocycles. The van der Waals surface area contributed by atoms with Gasteiger partial charge in [0.25, 0.3) is 5.91 Å². The minimum Gasteiger partial charge on any atom is -0.467 e. The minimum atomic E-state index is -3.46. The van der Waals surface area contributed by atoms with Gasteiger partial charge >= 0.3 is 5.97 Å². The highest BCUT2D eigenvalue weighted by atomic mass is 35.5. The average Bonchev–Trinajstić information content (AvgIpc) is 2.86. The molecule has 0 fully saturated rings. The molecule has 0 saturated heterocycles. The van der Waals surface area contributed by atoms with E-state index >= 15 is 0 Å². The number of carbonyl (C=O) groups is 2. The van der Waals surface area contributed by atoms with Gasteiger partial charge in [-0.3, -0.25) is 4.79 Å². The summed E-state index contributed by atoms with van der Waals surface area (Å²) in [7, 11) is -2.29. The molecule has 202 valence electrons. The molecule has 11 heteroatoms. The van der Waals surface area contributed by atoms with Crippen LogP contribution in [-0.4, -0.2) is 44.8 Å². The molecule has 1 unspecified atom stereocenters. The van der Waals surface area contributed by atoms with Crippen molar-refractivity contribution in [3.8, 4) is 0 Å². The Bertz CT molecular complexity index is 1400. The normalized spacial score (nSPS) is 13.0. The zero-order valence-electron chi connectivity index (χ0n) is 20.6. The first-order valence-corrected chi connectivity index (χ1v) is 14.5. The van der Waals surface area contributed by atoms with Gasteiger partial charge in [-0.2, -0.15) is 0 Å². The molecule has 1 amide bonds. The second-order valence-electron chi connectivity index (χ2n) is 8.71. The van der Waals surface area contributed by atoms with Crippen molar-refractivity contribution in [1.29, 1.82) is 0 Å². The molecule has 0 aliphatic rings. The quantitative estimate of drug-likeness (QED) is 0.309. The molecule has 2 atom stereocenters. The summed E-state index contributed by atoms with van der Waals surface area (Å²) in [6, 6.07) is 15.1. The van der Waals surface area contributed by atoms with E-state index in [2.05, 4.69) is 5.32 Å². The fourth-order valence-corrected chi connectivity index (χ4v) is 5.32. The molecule has 0 aromatic heterocycles. The lowest BCUT2D eigenvalue weighted by atomic mass is 9.99. The Balaban J connectivity index is 1.76. The minimum absolute atomic E-state index is 0.00164. The first kappa shape index (κ1) is 29.9. The average molecular weight is 599 g/mol. The second kappa shape index (κ2) is 13.0. The van der Waals surface area contributed by atoms with E-state index in [1.807, 2.05) is 12.1 Å². The Morgan fingerprint density at radius 1 is 0.974 bits per heavy atom. The highest BCUT2D eigenvalue weighted by Crippen LogP contribution is 2.31. The van der Waals surface area contributed by atoms with E-state index < -0.39 is 33.9 Å². The molecule has 3 rings (SSSR count). The van der Waals surface area contributed by atoms with E-state index in [-0.39, 0.29) is 26.9 Å². The van der Waals surface area contributed by atoms with Gasteiger partial charge in [-0.05, 0) is 65.9 Å². The Labute approximate surface area is 236 Å². The zero-order valence-corrected chi connectivity index (χ0v) is 23.7. The maximum Gasteiger partial charge on any atom is 0.328 e. The molecule has 3 aromatic rings. The topological polar surface area (TPSA) is 110 Å². The van der Waals surface area contributed by atoms with Crippen LogP contribution >= 0.6 is 34.8 Å². The SMILES string of the molecule is COC(=O)[C@H](Cc1cccc(S(C)(=O)=O)c1)NC(=O)c1c(Cl)cc(C(O)CCc2ccc(Cl)cc2)cc1Cl. The van der Waals surface area contributed by atoms with Crippen molar-refractivity contribution in [2.45, 2.75) is 36.3 Å². The molecule has 2 N–H and O–H groups in total. The largest absolute Gasteiger partial charge is 0.467 e. The molecule has 7 nitrogen and oxygen atoms in total. The van der Waals surface area contributed by atoms with Gasteiger partial charge in [0.2, 0.25) is 0 Å². The van der Waals surface area contributed by atoms with E-state index in [0.717, 1.165) is 11.8 Å². The molecular formula is C27H26Cl3NO6S. The lowest BCUT2D eigenvalue weighted by molar-refractivity contribution is -0.142. The number of hydrogen-bond acceptors (Lipinski definition) is 6. The number of esters is 1. The number of aryl methyl sites for hydroxylation is 1. The van der Waals surface area contributed by atoms with Crippen LogP contribution in [-0.2, 0) is 32.2 Å². The van der Waals surface area contributed by atoms with Crippen molar-refractivity contribution < 1.29 is 27.9 Å².